The Labute approximate surface area is 97.8 Å². The van der Waals surface area contributed by atoms with E-state index in [1.54, 1.807) is 30.9 Å². The molecule has 6 heteroatoms. The van der Waals surface area contributed by atoms with Gasteiger partial charge in [0.2, 0.25) is 0 Å². The highest BCUT2D eigenvalue weighted by Gasteiger charge is 2.02. The van der Waals surface area contributed by atoms with Crippen LogP contribution >= 0.6 is 11.8 Å². The molecule has 0 aromatic carbocycles. The highest BCUT2D eigenvalue weighted by Crippen LogP contribution is 2.18. The maximum absolute atomic E-state index is 4.22. The molecule has 1 N–H and O–H groups in total. The van der Waals surface area contributed by atoms with Crippen LogP contribution in [0.1, 0.15) is 5.56 Å². The largest absolute Gasteiger partial charge is 0.316 e. The quantitative estimate of drug-likeness (QED) is 0.799. The van der Waals surface area contributed by atoms with E-state index in [9.17, 15) is 0 Å². The zero-order valence-electron chi connectivity index (χ0n) is 8.79. The summed E-state index contributed by atoms with van der Waals surface area (Å²) in [4.78, 5) is 16.6. The van der Waals surface area contributed by atoms with Crippen LogP contribution in [0.2, 0.25) is 0 Å². The molecular formula is C10H11N5S. The molecule has 0 amide bonds. The van der Waals surface area contributed by atoms with Crippen LogP contribution in [0, 0.1) is 0 Å². The average molecular weight is 233 g/mol. The summed E-state index contributed by atoms with van der Waals surface area (Å²) in [5.74, 6) is 0. The molecule has 5 nitrogen and oxygen atoms in total. The fraction of sp³-hybridized carbons (Fsp3) is 0.200. The zero-order valence-corrected chi connectivity index (χ0v) is 9.61. The van der Waals surface area contributed by atoms with Gasteiger partial charge in [0, 0.05) is 36.9 Å². The Morgan fingerprint density at radius 1 is 1.06 bits per heavy atom. The first-order valence-corrected chi connectivity index (χ1v) is 5.60. The number of hydrogen-bond acceptors (Lipinski definition) is 6. The van der Waals surface area contributed by atoms with Gasteiger partial charge in [-0.3, -0.25) is 0 Å². The van der Waals surface area contributed by atoms with Crippen molar-refractivity contribution >= 4 is 11.8 Å². The summed E-state index contributed by atoms with van der Waals surface area (Å²) >= 11 is 1.35. The minimum Gasteiger partial charge on any atom is -0.316 e. The third-order valence-corrected chi connectivity index (χ3v) is 2.57. The van der Waals surface area contributed by atoms with Gasteiger partial charge < -0.3 is 5.32 Å². The molecule has 2 heterocycles. The lowest BCUT2D eigenvalue weighted by Crippen LogP contribution is -2.05. The smallest absolute Gasteiger partial charge is 0.195 e. The SMILES string of the molecule is CNCc1cnc(Sc2ncccn2)nc1. The summed E-state index contributed by atoms with van der Waals surface area (Å²) in [5.41, 5.74) is 1.06. The Bertz CT molecular complexity index is 431. The van der Waals surface area contributed by atoms with E-state index in [4.69, 9.17) is 0 Å². The van der Waals surface area contributed by atoms with E-state index in [2.05, 4.69) is 25.3 Å². The van der Waals surface area contributed by atoms with Gasteiger partial charge in [0.25, 0.3) is 0 Å². The molecule has 0 unspecified atom stereocenters. The molecule has 82 valence electrons. The first-order valence-electron chi connectivity index (χ1n) is 4.79. The number of hydrogen-bond donors (Lipinski definition) is 1. The van der Waals surface area contributed by atoms with E-state index in [1.165, 1.54) is 11.8 Å². The van der Waals surface area contributed by atoms with Crippen molar-refractivity contribution in [3.63, 3.8) is 0 Å². The van der Waals surface area contributed by atoms with Crippen molar-refractivity contribution in [1.29, 1.82) is 0 Å². The predicted molar refractivity (Wildman–Crippen MR) is 61.0 cm³/mol. The van der Waals surface area contributed by atoms with Crippen LogP contribution in [0.3, 0.4) is 0 Å². The summed E-state index contributed by atoms with van der Waals surface area (Å²) in [6.07, 6.45) is 7.00. The Hall–Kier alpha value is -1.53. The van der Waals surface area contributed by atoms with Crippen LogP contribution in [0.5, 0.6) is 0 Å². The minimum absolute atomic E-state index is 0.656. The highest BCUT2D eigenvalue weighted by molar-refractivity contribution is 7.99. The summed E-state index contributed by atoms with van der Waals surface area (Å²) in [6.45, 7) is 0.771. The van der Waals surface area contributed by atoms with Gasteiger partial charge in [-0.2, -0.15) is 0 Å². The summed E-state index contributed by atoms with van der Waals surface area (Å²) < 4.78 is 0. The van der Waals surface area contributed by atoms with Crippen LogP contribution < -0.4 is 5.32 Å². The Morgan fingerprint density at radius 2 is 1.69 bits per heavy atom. The van der Waals surface area contributed by atoms with E-state index >= 15 is 0 Å². The second kappa shape index (κ2) is 5.53. The third-order valence-electron chi connectivity index (χ3n) is 1.79. The van der Waals surface area contributed by atoms with Crippen LogP contribution in [-0.4, -0.2) is 27.0 Å². The Balaban J connectivity index is 2.05. The highest BCUT2D eigenvalue weighted by atomic mass is 32.2. The molecule has 16 heavy (non-hydrogen) atoms. The van der Waals surface area contributed by atoms with Gasteiger partial charge in [-0.15, -0.1) is 0 Å². The molecule has 0 saturated heterocycles. The lowest BCUT2D eigenvalue weighted by Gasteiger charge is -2.00. The first-order chi connectivity index (χ1) is 7.88. The van der Waals surface area contributed by atoms with E-state index in [0.29, 0.717) is 10.3 Å². The van der Waals surface area contributed by atoms with Gasteiger partial charge in [-0.05, 0) is 24.9 Å². The van der Waals surface area contributed by atoms with Crippen molar-refractivity contribution in [2.75, 3.05) is 7.05 Å². The van der Waals surface area contributed by atoms with Crippen molar-refractivity contribution in [1.82, 2.24) is 25.3 Å². The summed E-state index contributed by atoms with van der Waals surface area (Å²) in [7, 11) is 1.89. The number of nitrogens with zero attached hydrogens (tertiary/aromatic N) is 4. The molecule has 0 fully saturated rings. The topological polar surface area (TPSA) is 63.6 Å². The van der Waals surface area contributed by atoms with E-state index in [1.807, 2.05) is 7.05 Å². The summed E-state index contributed by atoms with van der Waals surface area (Å²) in [5, 5.41) is 4.36. The Kier molecular flexibility index (Phi) is 3.79. The Morgan fingerprint density at radius 3 is 2.31 bits per heavy atom. The van der Waals surface area contributed by atoms with Crippen molar-refractivity contribution in [3.05, 3.63) is 36.4 Å². The van der Waals surface area contributed by atoms with Crippen LogP contribution in [0.15, 0.2) is 41.2 Å². The molecular weight excluding hydrogens is 222 g/mol. The lowest BCUT2D eigenvalue weighted by molar-refractivity contribution is 0.792. The van der Waals surface area contributed by atoms with Gasteiger partial charge in [0.15, 0.2) is 10.3 Å². The lowest BCUT2D eigenvalue weighted by atomic mass is 10.3. The average Bonchev–Trinajstić information content (AvgIpc) is 2.33. The maximum Gasteiger partial charge on any atom is 0.195 e. The van der Waals surface area contributed by atoms with Crippen LogP contribution in [0.25, 0.3) is 0 Å². The minimum atomic E-state index is 0.656. The molecule has 0 saturated carbocycles. The standard InChI is InChI=1S/C10H11N5S/c1-11-5-8-6-14-10(15-7-8)16-9-12-3-2-4-13-9/h2-4,6-7,11H,5H2,1H3. The van der Waals surface area contributed by atoms with Crippen molar-refractivity contribution in [2.24, 2.45) is 0 Å². The monoisotopic (exact) mass is 233 g/mol. The fourth-order valence-corrected chi connectivity index (χ4v) is 1.71. The number of rotatable bonds is 4. The number of nitrogens with one attached hydrogen (secondary N) is 1. The van der Waals surface area contributed by atoms with Gasteiger partial charge in [0.05, 0.1) is 0 Å². The zero-order chi connectivity index (χ0) is 11.2. The molecule has 0 aliphatic carbocycles. The second-order valence-corrected chi connectivity index (χ2v) is 3.97. The molecule has 0 aliphatic rings. The molecule has 0 atom stereocenters. The van der Waals surface area contributed by atoms with Crippen LogP contribution in [-0.2, 0) is 6.54 Å². The van der Waals surface area contributed by atoms with Crippen molar-refractivity contribution in [2.45, 2.75) is 16.9 Å². The van der Waals surface area contributed by atoms with Gasteiger partial charge in [0.1, 0.15) is 0 Å². The van der Waals surface area contributed by atoms with E-state index in [0.717, 1.165) is 12.1 Å². The molecule has 0 spiro atoms. The van der Waals surface area contributed by atoms with Gasteiger partial charge in [-0.25, -0.2) is 19.9 Å². The third kappa shape index (κ3) is 2.98. The molecule has 2 aromatic heterocycles. The molecule has 0 radical (unpaired) electrons. The van der Waals surface area contributed by atoms with Crippen molar-refractivity contribution in [3.8, 4) is 0 Å². The van der Waals surface area contributed by atoms with E-state index in [-0.39, 0.29) is 0 Å². The summed E-state index contributed by atoms with van der Waals surface area (Å²) in [6, 6.07) is 1.78. The second-order valence-electron chi connectivity index (χ2n) is 3.04. The van der Waals surface area contributed by atoms with Gasteiger partial charge >= 0.3 is 0 Å². The fourth-order valence-electron chi connectivity index (χ4n) is 1.11. The van der Waals surface area contributed by atoms with Gasteiger partial charge in [-0.1, -0.05) is 0 Å². The predicted octanol–water partition coefficient (Wildman–Crippen LogP) is 1.14. The van der Waals surface area contributed by atoms with E-state index < -0.39 is 0 Å². The first kappa shape index (κ1) is 11.0. The number of aromatic nitrogens is 4. The molecule has 2 rings (SSSR count). The van der Waals surface area contributed by atoms with Crippen molar-refractivity contribution < 1.29 is 0 Å². The normalized spacial score (nSPS) is 10.3. The molecule has 2 aromatic rings. The molecule has 0 aliphatic heterocycles. The maximum atomic E-state index is 4.22. The molecule has 0 bridgehead atoms. The van der Waals surface area contributed by atoms with Crippen LogP contribution in [0.4, 0.5) is 0 Å².